The van der Waals surface area contributed by atoms with Gasteiger partial charge in [-0.25, -0.2) is 0 Å². The molecule has 3 aliphatic carbocycles. The second kappa shape index (κ2) is 10.4. The number of allylic oxidation sites excluding steroid dienone is 7. The van der Waals surface area contributed by atoms with Crippen LogP contribution in [0.25, 0.3) is 6.08 Å². The molecule has 42 heavy (non-hydrogen) atoms. The summed E-state index contributed by atoms with van der Waals surface area (Å²) in [6.45, 7) is 1.62. The summed E-state index contributed by atoms with van der Waals surface area (Å²) in [4.78, 5) is 55.5. The van der Waals surface area contributed by atoms with Crippen molar-refractivity contribution in [2.45, 2.75) is 19.8 Å². The minimum atomic E-state index is -0.666. The number of carbonyl (C=O) groups is 4. The van der Waals surface area contributed by atoms with Crippen LogP contribution in [0.15, 0.2) is 76.9 Å². The van der Waals surface area contributed by atoms with E-state index in [-0.39, 0.29) is 47.1 Å². The van der Waals surface area contributed by atoms with Crippen molar-refractivity contribution in [1.82, 2.24) is 0 Å². The Morgan fingerprint density at radius 3 is 2.29 bits per heavy atom. The number of methoxy groups -OCH3 is 2. The van der Waals surface area contributed by atoms with Gasteiger partial charge in [-0.3, -0.25) is 24.1 Å². The molecule has 4 aliphatic rings. The van der Waals surface area contributed by atoms with E-state index in [9.17, 15) is 24.3 Å². The molecule has 214 valence electrons. The normalized spacial score (nSPS) is 25.3. The highest BCUT2D eigenvalue weighted by atomic mass is 35.5. The van der Waals surface area contributed by atoms with E-state index in [0.717, 1.165) is 5.57 Å². The molecule has 2 amide bonds. The number of aromatic hydroxyl groups is 1. The summed E-state index contributed by atoms with van der Waals surface area (Å²) in [5, 5.41) is 10.8. The third kappa shape index (κ3) is 4.29. The fraction of sp³-hybridized carbons (Fsp3) is 0.273. The molecule has 0 bridgehead atoms. The number of rotatable bonds is 5. The van der Waals surface area contributed by atoms with Crippen LogP contribution in [-0.2, 0) is 19.2 Å². The number of fused-ring (bicyclic) bond motifs is 3. The first-order chi connectivity index (χ1) is 20.1. The fourth-order valence-electron chi connectivity index (χ4n) is 6.72. The molecule has 1 saturated heterocycles. The number of phenols is 1. The Labute approximate surface area is 247 Å². The monoisotopic (exact) mass is 585 g/mol. The van der Waals surface area contributed by atoms with Crippen molar-refractivity contribution >= 4 is 46.7 Å². The Morgan fingerprint density at radius 1 is 0.976 bits per heavy atom. The molecule has 1 fully saturated rings. The second-order valence-corrected chi connectivity index (χ2v) is 11.3. The van der Waals surface area contributed by atoms with Crippen LogP contribution in [0.3, 0.4) is 0 Å². The van der Waals surface area contributed by atoms with Crippen molar-refractivity contribution in [3.05, 3.63) is 87.5 Å². The number of nitrogens with zero attached hydrogens (tertiary/aromatic N) is 1. The number of anilines is 1. The number of hydrogen-bond donors (Lipinski definition) is 1. The number of Topliss-reactive ketones (excluding diaryl/α,β-unsaturated/α-hetero) is 1. The average molecular weight is 586 g/mol. The molecule has 0 spiro atoms. The molecule has 0 saturated carbocycles. The molecular weight excluding hydrogens is 558 g/mol. The van der Waals surface area contributed by atoms with E-state index in [0.29, 0.717) is 39.4 Å². The number of imide groups is 1. The molecule has 8 nitrogen and oxygen atoms in total. The van der Waals surface area contributed by atoms with Gasteiger partial charge >= 0.3 is 0 Å². The van der Waals surface area contributed by atoms with Gasteiger partial charge in [-0.15, -0.1) is 0 Å². The van der Waals surface area contributed by atoms with Gasteiger partial charge in [0.05, 0.1) is 31.7 Å². The maximum Gasteiger partial charge on any atom is 0.238 e. The van der Waals surface area contributed by atoms with Gasteiger partial charge < -0.3 is 14.6 Å². The van der Waals surface area contributed by atoms with Crippen LogP contribution in [0.4, 0.5) is 5.69 Å². The zero-order valence-corrected chi connectivity index (χ0v) is 24.0. The SMILES string of the molecule is COc1cc(C=CC2C3=CCC4C(=O)N(c5ccc(Cl)cc5)C(=O)C4C3CC3=C2C(=O)C=C(C)C3=O)cc(OC)c1O. The number of carbonyl (C=O) groups excluding carboxylic acids is 4. The van der Waals surface area contributed by atoms with E-state index >= 15 is 0 Å². The Hall–Kier alpha value is -4.43. The molecule has 0 aromatic heterocycles. The van der Waals surface area contributed by atoms with Crippen LogP contribution in [0.5, 0.6) is 17.2 Å². The number of phenolic OH excluding ortho intramolecular Hbond substituents is 1. The van der Waals surface area contributed by atoms with Crippen molar-refractivity contribution in [2.75, 3.05) is 19.1 Å². The van der Waals surface area contributed by atoms with Crippen LogP contribution >= 0.6 is 11.6 Å². The summed E-state index contributed by atoms with van der Waals surface area (Å²) in [6, 6.07) is 9.84. The standard InChI is InChI=1S/C33H28ClNO7/c1-16-12-25(36)28-21(9-4-17-13-26(41-2)31(38)27(14-17)42-3)20-10-11-22-29(23(20)15-24(28)30(16)37)33(40)35(32(22)39)19-7-5-18(34)6-8-19/h4-10,12-14,21-23,29,38H,11,15H2,1-3H3. The highest BCUT2D eigenvalue weighted by Crippen LogP contribution is 2.53. The van der Waals surface area contributed by atoms with E-state index in [1.165, 1.54) is 25.2 Å². The van der Waals surface area contributed by atoms with Crippen molar-refractivity contribution in [1.29, 1.82) is 0 Å². The number of hydrogen-bond acceptors (Lipinski definition) is 7. The molecule has 2 aromatic rings. The molecule has 2 aromatic carbocycles. The van der Waals surface area contributed by atoms with Gasteiger partial charge in [0, 0.05) is 27.7 Å². The van der Waals surface area contributed by atoms with Gasteiger partial charge in [0.2, 0.25) is 17.6 Å². The first-order valence-corrected chi connectivity index (χ1v) is 14.0. The first-order valence-electron chi connectivity index (χ1n) is 13.6. The number of amides is 2. The molecule has 1 aliphatic heterocycles. The number of benzene rings is 2. The third-order valence-electron chi connectivity index (χ3n) is 8.68. The first kappa shape index (κ1) is 27.7. The van der Waals surface area contributed by atoms with Crippen molar-refractivity contribution in [2.24, 2.45) is 23.7 Å². The third-order valence-corrected chi connectivity index (χ3v) is 8.93. The summed E-state index contributed by atoms with van der Waals surface area (Å²) in [6.07, 6.45) is 7.49. The smallest absolute Gasteiger partial charge is 0.238 e. The van der Waals surface area contributed by atoms with E-state index in [4.69, 9.17) is 21.1 Å². The van der Waals surface area contributed by atoms with Gasteiger partial charge in [0.25, 0.3) is 0 Å². The van der Waals surface area contributed by atoms with Gasteiger partial charge in [-0.1, -0.05) is 35.4 Å². The van der Waals surface area contributed by atoms with Crippen molar-refractivity contribution < 1.29 is 33.8 Å². The highest BCUT2D eigenvalue weighted by molar-refractivity contribution is 6.31. The molecular formula is C33H28ClNO7. The predicted octanol–water partition coefficient (Wildman–Crippen LogP) is 5.24. The Morgan fingerprint density at radius 2 is 1.64 bits per heavy atom. The Bertz CT molecular complexity index is 1660. The zero-order valence-electron chi connectivity index (χ0n) is 23.2. The summed E-state index contributed by atoms with van der Waals surface area (Å²) in [7, 11) is 2.87. The Balaban J connectivity index is 1.43. The van der Waals surface area contributed by atoms with E-state index in [2.05, 4.69) is 0 Å². The number of ketones is 2. The maximum atomic E-state index is 13.9. The molecule has 1 N–H and O–H groups in total. The van der Waals surface area contributed by atoms with Gasteiger partial charge in [0.1, 0.15) is 0 Å². The summed E-state index contributed by atoms with van der Waals surface area (Å²) in [5.74, 6) is -3.00. The topological polar surface area (TPSA) is 110 Å². The lowest BCUT2D eigenvalue weighted by atomic mass is 9.60. The predicted molar refractivity (Wildman–Crippen MR) is 156 cm³/mol. The van der Waals surface area contributed by atoms with Crippen molar-refractivity contribution in [3.63, 3.8) is 0 Å². The summed E-state index contributed by atoms with van der Waals surface area (Å²) < 4.78 is 10.6. The maximum absolute atomic E-state index is 13.9. The van der Waals surface area contributed by atoms with E-state index in [1.807, 2.05) is 12.2 Å². The highest BCUT2D eigenvalue weighted by Gasteiger charge is 2.56. The molecule has 4 unspecified atom stereocenters. The van der Waals surface area contributed by atoms with Gasteiger partial charge in [-0.2, -0.15) is 0 Å². The molecule has 6 rings (SSSR count). The van der Waals surface area contributed by atoms with Gasteiger partial charge in [0.15, 0.2) is 23.1 Å². The lowest BCUT2D eigenvalue weighted by Crippen LogP contribution is -2.40. The average Bonchev–Trinajstić information content (AvgIpc) is 3.24. The lowest BCUT2D eigenvalue weighted by Gasteiger charge is -2.41. The van der Waals surface area contributed by atoms with E-state index in [1.54, 1.807) is 49.4 Å². The van der Waals surface area contributed by atoms with Crippen LogP contribution in [-0.4, -0.2) is 42.7 Å². The quantitative estimate of drug-likeness (QED) is 0.290. The molecule has 4 atom stereocenters. The molecule has 1 heterocycles. The summed E-state index contributed by atoms with van der Waals surface area (Å²) in [5.41, 5.74) is 3.08. The second-order valence-electron chi connectivity index (χ2n) is 10.9. The van der Waals surface area contributed by atoms with Crippen LogP contribution in [0.1, 0.15) is 25.3 Å². The Kier molecular flexibility index (Phi) is 6.89. The van der Waals surface area contributed by atoms with Crippen LogP contribution in [0, 0.1) is 23.7 Å². The minimum Gasteiger partial charge on any atom is -0.502 e. The van der Waals surface area contributed by atoms with E-state index < -0.39 is 23.7 Å². The molecule has 0 radical (unpaired) electrons. The fourth-order valence-corrected chi connectivity index (χ4v) is 6.85. The van der Waals surface area contributed by atoms with Crippen LogP contribution < -0.4 is 14.4 Å². The number of halogens is 1. The minimum absolute atomic E-state index is 0.135. The zero-order chi connectivity index (χ0) is 29.9. The van der Waals surface area contributed by atoms with Crippen LogP contribution in [0.2, 0.25) is 5.02 Å². The van der Waals surface area contributed by atoms with Gasteiger partial charge in [-0.05, 0) is 73.7 Å². The summed E-state index contributed by atoms with van der Waals surface area (Å²) >= 11 is 6.04. The lowest BCUT2D eigenvalue weighted by molar-refractivity contribution is -0.123. The molecule has 9 heteroatoms. The van der Waals surface area contributed by atoms with Crippen molar-refractivity contribution in [3.8, 4) is 17.2 Å². The largest absolute Gasteiger partial charge is 0.502 e. The number of ether oxygens (including phenoxy) is 2.